The van der Waals surface area contributed by atoms with E-state index in [9.17, 15) is 29.1 Å². The molecule has 1 fully saturated rings. The molecule has 0 unspecified atom stereocenters. The lowest BCUT2D eigenvalue weighted by Gasteiger charge is -2.49. The standard InChI is InChI=1S/C19H19N7O7S3/c1-25-19(22-13(28)14(29)23-25)36-5-7-4-34-16-8(15(30)26(16)12(7)17(31)32)3-10(27)11(24-33-2)9-6-35-18(20)21-9/h6,8,16H,3-5H2,1-2H3,(H2,20,21)(H,23,29)(H,31,32)/b24-11+/t8-,16-/m1/s1. The van der Waals surface area contributed by atoms with Crippen LogP contribution >= 0.6 is 34.9 Å². The molecule has 36 heavy (non-hydrogen) atoms. The molecule has 17 heteroatoms. The summed E-state index contributed by atoms with van der Waals surface area (Å²) in [5, 5.41) is 17.4. The highest BCUT2D eigenvalue weighted by molar-refractivity contribution is 8.01. The van der Waals surface area contributed by atoms with Crippen molar-refractivity contribution in [1.29, 1.82) is 0 Å². The van der Waals surface area contributed by atoms with Crippen LogP contribution < -0.4 is 16.9 Å². The van der Waals surface area contributed by atoms with Crippen LogP contribution in [0.3, 0.4) is 0 Å². The van der Waals surface area contributed by atoms with Gasteiger partial charge in [-0.15, -0.1) is 23.1 Å². The van der Waals surface area contributed by atoms with Crippen molar-refractivity contribution in [3.8, 4) is 0 Å². The third-order valence-corrected chi connectivity index (χ3v) is 8.49. The number of carbonyl (C=O) groups is 3. The van der Waals surface area contributed by atoms with E-state index in [0.717, 1.165) is 23.1 Å². The van der Waals surface area contributed by atoms with Crippen LogP contribution in [0.4, 0.5) is 5.13 Å². The summed E-state index contributed by atoms with van der Waals surface area (Å²) in [4.78, 5) is 74.6. The van der Waals surface area contributed by atoms with Crippen LogP contribution in [0.2, 0.25) is 0 Å². The number of carbonyl (C=O) groups excluding carboxylic acids is 2. The lowest BCUT2D eigenvalue weighted by atomic mass is 9.89. The second-order valence-electron chi connectivity index (χ2n) is 7.58. The Morgan fingerprint density at radius 3 is 2.75 bits per heavy atom. The number of oxime groups is 1. The van der Waals surface area contributed by atoms with Gasteiger partial charge in [0.25, 0.3) is 0 Å². The van der Waals surface area contributed by atoms with Gasteiger partial charge in [0.1, 0.15) is 18.5 Å². The average molecular weight is 554 g/mol. The monoisotopic (exact) mass is 553 g/mol. The summed E-state index contributed by atoms with van der Waals surface area (Å²) in [5.41, 5.74) is 4.28. The maximum atomic E-state index is 13.0. The fourth-order valence-electron chi connectivity index (χ4n) is 3.70. The minimum absolute atomic E-state index is 0.0670. The number of rotatable bonds is 9. The number of H-pyrrole nitrogens is 1. The summed E-state index contributed by atoms with van der Waals surface area (Å²) in [5.74, 6) is -2.59. The number of nitrogens with one attached hydrogen (secondary N) is 1. The number of nitrogens with two attached hydrogens (primary N) is 1. The maximum absolute atomic E-state index is 13.0. The summed E-state index contributed by atoms with van der Waals surface area (Å²) in [6, 6.07) is 0. The van der Waals surface area contributed by atoms with Gasteiger partial charge in [0.2, 0.25) is 5.91 Å². The third-order valence-electron chi connectivity index (χ3n) is 5.30. The molecule has 4 N–H and O–H groups in total. The Morgan fingerprint density at radius 1 is 1.36 bits per heavy atom. The number of thiazole rings is 1. The SMILES string of the molecule is CO/N=C(/C(=O)C[C@@H]1C(=O)N2C(C(=O)O)=C(CSc3nc(=O)c(=O)[nH]n3C)CS[C@H]12)c1csc(N)n1. The second kappa shape index (κ2) is 10.3. The molecular formula is C19H19N7O7S3. The molecule has 2 aromatic heterocycles. The van der Waals surface area contributed by atoms with E-state index in [2.05, 4.69) is 20.2 Å². The van der Waals surface area contributed by atoms with Crippen molar-refractivity contribution in [2.24, 2.45) is 18.1 Å². The number of nitrogen functional groups attached to an aromatic ring is 1. The summed E-state index contributed by atoms with van der Waals surface area (Å²) in [6.07, 6.45) is -0.201. The molecule has 0 radical (unpaired) electrons. The number of thioether (sulfide) groups is 2. The highest BCUT2D eigenvalue weighted by atomic mass is 32.2. The summed E-state index contributed by atoms with van der Waals surface area (Å²) >= 11 is 3.52. The fraction of sp³-hybridized carbons (Fsp3) is 0.368. The zero-order valence-electron chi connectivity index (χ0n) is 18.8. The van der Waals surface area contributed by atoms with Gasteiger partial charge in [-0.2, -0.15) is 4.98 Å². The van der Waals surface area contributed by atoms with E-state index in [1.54, 1.807) is 5.38 Å². The molecule has 2 aliphatic rings. The Kier molecular flexibility index (Phi) is 7.32. The molecule has 0 aliphatic carbocycles. The number of hydrogen-bond acceptors (Lipinski definition) is 13. The van der Waals surface area contributed by atoms with Crippen LogP contribution in [-0.2, 0) is 26.3 Å². The van der Waals surface area contributed by atoms with Crippen LogP contribution in [0.15, 0.2) is 36.6 Å². The number of β-lactam (4-membered cyclic amide) rings is 1. The lowest BCUT2D eigenvalue weighted by molar-refractivity contribution is -0.153. The molecule has 4 heterocycles. The predicted octanol–water partition coefficient (Wildman–Crippen LogP) is -0.521. The minimum atomic E-state index is -1.28. The Labute approximate surface area is 214 Å². The van der Waals surface area contributed by atoms with E-state index >= 15 is 0 Å². The molecule has 0 saturated carbocycles. The molecule has 190 valence electrons. The number of hydrogen-bond donors (Lipinski definition) is 3. The van der Waals surface area contributed by atoms with Crippen molar-refractivity contribution in [2.45, 2.75) is 17.0 Å². The van der Waals surface area contributed by atoms with Gasteiger partial charge in [-0.25, -0.2) is 9.78 Å². The number of carboxylic acid groups (broad SMARTS) is 1. The van der Waals surface area contributed by atoms with Crippen molar-refractivity contribution < 1.29 is 24.3 Å². The van der Waals surface area contributed by atoms with E-state index in [1.165, 1.54) is 35.5 Å². The first-order chi connectivity index (χ1) is 17.1. The predicted molar refractivity (Wildman–Crippen MR) is 132 cm³/mol. The smallest absolute Gasteiger partial charge is 0.352 e. The van der Waals surface area contributed by atoms with E-state index in [1.807, 2.05) is 0 Å². The fourth-order valence-corrected chi connectivity index (χ4v) is 6.71. The topological polar surface area (TPSA) is 203 Å². The highest BCUT2D eigenvalue weighted by Gasteiger charge is 2.54. The Morgan fingerprint density at radius 2 is 2.11 bits per heavy atom. The van der Waals surface area contributed by atoms with E-state index in [-0.39, 0.29) is 45.3 Å². The second-order valence-corrected chi connectivity index (χ2v) is 10.5. The molecule has 2 aromatic rings. The van der Waals surface area contributed by atoms with Crippen molar-refractivity contribution >= 4 is 63.4 Å². The Bertz CT molecular complexity index is 1430. The zero-order chi connectivity index (χ0) is 26.1. The number of aryl methyl sites for hydroxylation is 1. The van der Waals surface area contributed by atoms with Gasteiger partial charge in [-0.05, 0) is 5.57 Å². The van der Waals surface area contributed by atoms with Crippen molar-refractivity contribution in [1.82, 2.24) is 24.6 Å². The van der Waals surface area contributed by atoms with E-state index in [0.29, 0.717) is 5.57 Å². The number of aromatic nitrogens is 4. The summed E-state index contributed by atoms with van der Waals surface area (Å²) < 4.78 is 1.26. The molecule has 1 saturated heterocycles. The first kappa shape index (κ1) is 25.6. The molecule has 2 aliphatic heterocycles. The molecule has 14 nitrogen and oxygen atoms in total. The minimum Gasteiger partial charge on any atom is -0.477 e. The van der Waals surface area contributed by atoms with E-state index < -0.39 is 40.1 Å². The zero-order valence-corrected chi connectivity index (χ0v) is 21.2. The number of fused-ring (bicyclic) bond motifs is 1. The molecule has 0 bridgehead atoms. The van der Waals surface area contributed by atoms with Crippen molar-refractivity contribution in [3.63, 3.8) is 0 Å². The van der Waals surface area contributed by atoms with Crippen LogP contribution in [-0.4, -0.2) is 77.1 Å². The largest absolute Gasteiger partial charge is 0.477 e. The van der Waals surface area contributed by atoms with Crippen LogP contribution in [0.25, 0.3) is 0 Å². The average Bonchev–Trinajstić information content (AvgIpc) is 3.27. The Balaban J connectivity index is 1.51. The van der Waals surface area contributed by atoms with Gasteiger partial charge >= 0.3 is 17.1 Å². The number of carboxylic acids is 1. The van der Waals surface area contributed by atoms with Crippen LogP contribution in [0.5, 0.6) is 0 Å². The first-order valence-electron chi connectivity index (χ1n) is 10.2. The highest BCUT2D eigenvalue weighted by Crippen LogP contribution is 2.46. The number of amides is 1. The molecular weight excluding hydrogens is 534 g/mol. The third kappa shape index (κ3) is 4.80. The van der Waals surface area contributed by atoms with Gasteiger partial charge in [0.15, 0.2) is 21.8 Å². The molecule has 0 spiro atoms. The number of ketones is 1. The first-order valence-corrected chi connectivity index (χ1v) is 13.1. The molecule has 1 amide bonds. The molecule has 2 atom stereocenters. The molecule has 4 rings (SSSR count). The van der Waals surface area contributed by atoms with Gasteiger partial charge in [0, 0.05) is 30.4 Å². The van der Waals surface area contributed by atoms with Gasteiger partial charge in [0.05, 0.1) is 11.3 Å². The summed E-state index contributed by atoms with van der Waals surface area (Å²) in [6.45, 7) is 0. The quantitative estimate of drug-likeness (QED) is 0.118. The van der Waals surface area contributed by atoms with E-state index in [4.69, 9.17) is 10.6 Å². The number of aliphatic carboxylic acids is 1. The number of aromatic amines is 1. The van der Waals surface area contributed by atoms with Gasteiger partial charge in [-0.1, -0.05) is 16.9 Å². The Hall–Kier alpha value is -3.44. The maximum Gasteiger partial charge on any atom is 0.352 e. The van der Waals surface area contributed by atoms with Gasteiger partial charge < -0.3 is 15.7 Å². The van der Waals surface area contributed by atoms with Crippen LogP contribution in [0.1, 0.15) is 12.1 Å². The van der Waals surface area contributed by atoms with Gasteiger partial charge in [-0.3, -0.25) is 33.9 Å². The number of Topliss-reactive ketones (excluding diaryl/α,β-unsaturated/α-hetero) is 1. The molecule has 0 aromatic carbocycles. The normalized spacial score (nSPS) is 19.7. The van der Waals surface area contributed by atoms with Crippen molar-refractivity contribution in [3.05, 3.63) is 43.1 Å². The summed E-state index contributed by atoms with van der Waals surface area (Å²) in [7, 11) is 2.77. The van der Waals surface area contributed by atoms with Crippen molar-refractivity contribution in [2.75, 3.05) is 24.3 Å². The van der Waals surface area contributed by atoms with Crippen LogP contribution in [0, 0.1) is 5.92 Å². The lowest BCUT2D eigenvalue weighted by Crippen LogP contribution is -2.62. The number of nitrogens with zero attached hydrogens (tertiary/aromatic N) is 5. The number of anilines is 1.